The summed E-state index contributed by atoms with van der Waals surface area (Å²) < 4.78 is 0.972. The molecule has 0 heterocycles. The summed E-state index contributed by atoms with van der Waals surface area (Å²) in [4.78, 5) is 12.5. The Morgan fingerprint density at radius 3 is 2.61 bits per heavy atom. The van der Waals surface area contributed by atoms with Gasteiger partial charge in [-0.1, -0.05) is 53.2 Å². The molecule has 92 valence electrons. The minimum atomic E-state index is 0.0871. The van der Waals surface area contributed by atoms with Crippen LogP contribution in [0.15, 0.2) is 46.9 Å². The molecule has 18 heavy (non-hydrogen) atoms. The van der Waals surface area contributed by atoms with Crippen LogP contribution in [0.25, 0.3) is 0 Å². The van der Waals surface area contributed by atoms with Crippen molar-refractivity contribution in [2.24, 2.45) is 0 Å². The number of carbonyl (C=O) groups is 1. The lowest BCUT2D eigenvalue weighted by atomic mass is 9.97. The van der Waals surface area contributed by atoms with Crippen molar-refractivity contribution >= 4 is 21.7 Å². The van der Waals surface area contributed by atoms with E-state index in [1.165, 1.54) is 5.56 Å². The van der Waals surface area contributed by atoms with Crippen molar-refractivity contribution in [2.45, 2.75) is 20.3 Å². The average molecular weight is 303 g/mol. The summed E-state index contributed by atoms with van der Waals surface area (Å²) in [5.74, 6) is 0.0871. The first-order chi connectivity index (χ1) is 8.63. The summed E-state index contributed by atoms with van der Waals surface area (Å²) in [6, 6.07) is 13.6. The molecule has 0 aromatic heterocycles. The van der Waals surface area contributed by atoms with E-state index in [1.807, 2.05) is 49.4 Å². The van der Waals surface area contributed by atoms with E-state index in [1.54, 1.807) is 0 Å². The van der Waals surface area contributed by atoms with Crippen LogP contribution in [-0.2, 0) is 6.42 Å². The molecule has 0 saturated heterocycles. The number of ketones is 1. The molecule has 2 aromatic rings. The second-order valence-corrected chi connectivity index (χ2v) is 5.15. The predicted octanol–water partition coefficient (Wildman–Crippen LogP) is 4.55. The summed E-state index contributed by atoms with van der Waals surface area (Å²) >= 11 is 3.46. The van der Waals surface area contributed by atoms with Crippen molar-refractivity contribution < 1.29 is 4.79 Å². The zero-order chi connectivity index (χ0) is 13.1. The second-order valence-electron chi connectivity index (χ2n) is 4.30. The summed E-state index contributed by atoms with van der Waals surface area (Å²) in [5.41, 5.74) is 3.70. The van der Waals surface area contributed by atoms with Crippen LogP contribution in [-0.4, -0.2) is 5.78 Å². The average Bonchev–Trinajstić information content (AvgIpc) is 2.41. The molecule has 0 amide bonds. The number of halogens is 1. The summed E-state index contributed by atoms with van der Waals surface area (Å²) in [5, 5.41) is 0. The Balaban J connectivity index is 2.44. The lowest BCUT2D eigenvalue weighted by Gasteiger charge is -2.07. The highest BCUT2D eigenvalue weighted by Gasteiger charge is 2.13. The van der Waals surface area contributed by atoms with E-state index in [-0.39, 0.29) is 5.78 Å². The van der Waals surface area contributed by atoms with Crippen molar-refractivity contribution in [3.63, 3.8) is 0 Å². The number of hydrogen-bond acceptors (Lipinski definition) is 1. The first kappa shape index (κ1) is 13.0. The van der Waals surface area contributed by atoms with Crippen LogP contribution in [0.1, 0.15) is 34.0 Å². The van der Waals surface area contributed by atoms with E-state index < -0.39 is 0 Å². The fourth-order valence-corrected chi connectivity index (χ4v) is 2.31. The molecule has 0 bridgehead atoms. The van der Waals surface area contributed by atoms with E-state index in [4.69, 9.17) is 0 Å². The van der Waals surface area contributed by atoms with Gasteiger partial charge in [0, 0.05) is 15.6 Å². The van der Waals surface area contributed by atoms with E-state index in [2.05, 4.69) is 22.9 Å². The van der Waals surface area contributed by atoms with Crippen molar-refractivity contribution in [3.8, 4) is 0 Å². The van der Waals surface area contributed by atoms with E-state index in [0.29, 0.717) is 0 Å². The SMILES string of the molecule is CCc1cccc(C(=O)c2cccc(Br)c2C)c1. The minimum Gasteiger partial charge on any atom is -0.289 e. The highest BCUT2D eigenvalue weighted by Crippen LogP contribution is 2.22. The minimum absolute atomic E-state index is 0.0871. The Labute approximate surface area is 116 Å². The van der Waals surface area contributed by atoms with Gasteiger partial charge in [-0.3, -0.25) is 4.79 Å². The molecule has 0 unspecified atom stereocenters. The Hall–Kier alpha value is -1.41. The highest BCUT2D eigenvalue weighted by atomic mass is 79.9. The molecule has 2 heteroatoms. The Kier molecular flexibility index (Phi) is 3.97. The van der Waals surface area contributed by atoms with Crippen LogP contribution < -0.4 is 0 Å². The van der Waals surface area contributed by atoms with Gasteiger partial charge in [0.05, 0.1) is 0 Å². The zero-order valence-electron chi connectivity index (χ0n) is 10.5. The first-order valence-electron chi connectivity index (χ1n) is 6.02. The van der Waals surface area contributed by atoms with Crippen LogP contribution in [0.2, 0.25) is 0 Å². The van der Waals surface area contributed by atoms with Gasteiger partial charge in [0.15, 0.2) is 5.78 Å². The maximum atomic E-state index is 12.5. The maximum Gasteiger partial charge on any atom is 0.193 e. The molecule has 0 radical (unpaired) electrons. The first-order valence-corrected chi connectivity index (χ1v) is 6.81. The van der Waals surface area contributed by atoms with Crippen molar-refractivity contribution in [3.05, 3.63) is 69.2 Å². The molecule has 0 atom stereocenters. The molecule has 0 saturated carbocycles. The maximum absolute atomic E-state index is 12.5. The van der Waals surface area contributed by atoms with Crippen molar-refractivity contribution in [2.75, 3.05) is 0 Å². The lowest BCUT2D eigenvalue weighted by Crippen LogP contribution is -2.04. The van der Waals surface area contributed by atoms with Gasteiger partial charge in [0.25, 0.3) is 0 Å². The van der Waals surface area contributed by atoms with Crippen LogP contribution >= 0.6 is 15.9 Å². The normalized spacial score (nSPS) is 10.4. The Morgan fingerprint density at radius 2 is 1.89 bits per heavy atom. The number of benzene rings is 2. The van der Waals surface area contributed by atoms with Crippen LogP contribution in [0, 0.1) is 6.92 Å². The summed E-state index contributed by atoms with van der Waals surface area (Å²) in [7, 11) is 0. The smallest absolute Gasteiger partial charge is 0.193 e. The van der Waals surface area contributed by atoms with Gasteiger partial charge in [-0.2, -0.15) is 0 Å². The molecule has 0 aliphatic carbocycles. The number of aryl methyl sites for hydroxylation is 1. The van der Waals surface area contributed by atoms with Gasteiger partial charge in [0.2, 0.25) is 0 Å². The van der Waals surface area contributed by atoms with E-state index in [9.17, 15) is 4.79 Å². The van der Waals surface area contributed by atoms with Gasteiger partial charge < -0.3 is 0 Å². The van der Waals surface area contributed by atoms with Gasteiger partial charge in [0.1, 0.15) is 0 Å². The third-order valence-electron chi connectivity index (χ3n) is 3.11. The quantitative estimate of drug-likeness (QED) is 0.760. The van der Waals surface area contributed by atoms with Crippen molar-refractivity contribution in [1.29, 1.82) is 0 Å². The Morgan fingerprint density at radius 1 is 1.17 bits per heavy atom. The molecular weight excluding hydrogens is 288 g/mol. The largest absolute Gasteiger partial charge is 0.289 e. The topological polar surface area (TPSA) is 17.1 Å². The van der Waals surface area contributed by atoms with E-state index >= 15 is 0 Å². The molecule has 1 nitrogen and oxygen atoms in total. The van der Waals surface area contributed by atoms with Gasteiger partial charge in [-0.25, -0.2) is 0 Å². The number of carbonyl (C=O) groups excluding carboxylic acids is 1. The number of rotatable bonds is 3. The third kappa shape index (κ3) is 2.54. The van der Waals surface area contributed by atoms with Gasteiger partial charge in [-0.15, -0.1) is 0 Å². The number of hydrogen-bond donors (Lipinski definition) is 0. The Bertz CT molecular complexity index is 587. The monoisotopic (exact) mass is 302 g/mol. The van der Waals surface area contributed by atoms with E-state index in [0.717, 1.165) is 27.6 Å². The lowest BCUT2D eigenvalue weighted by molar-refractivity contribution is 0.103. The van der Waals surface area contributed by atoms with Gasteiger partial charge in [-0.05, 0) is 36.6 Å². The predicted molar refractivity (Wildman–Crippen MR) is 78.1 cm³/mol. The fourth-order valence-electron chi connectivity index (χ4n) is 1.94. The third-order valence-corrected chi connectivity index (χ3v) is 3.97. The summed E-state index contributed by atoms with van der Waals surface area (Å²) in [6.07, 6.45) is 0.943. The standard InChI is InChI=1S/C16H15BrO/c1-3-12-6-4-7-13(10-12)16(18)14-8-5-9-15(17)11(14)2/h4-10H,3H2,1-2H3. The summed E-state index contributed by atoms with van der Waals surface area (Å²) in [6.45, 7) is 4.05. The van der Waals surface area contributed by atoms with Crippen LogP contribution in [0.5, 0.6) is 0 Å². The molecule has 2 rings (SSSR count). The van der Waals surface area contributed by atoms with Gasteiger partial charge >= 0.3 is 0 Å². The molecular formula is C16H15BrO. The van der Waals surface area contributed by atoms with Crippen LogP contribution in [0.4, 0.5) is 0 Å². The molecule has 0 spiro atoms. The second kappa shape index (κ2) is 5.49. The van der Waals surface area contributed by atoms with Crippen molar-refractivity contribution in [1.82, 2.24) is 0 Å². The van der Waals surface area contributed by atoms with Crippen LogP contribution in [0.3, 0.4) is 0 Å². The molecule has 0 aliphatic rings. The zero-order valence-corrected chi connectivity index (χ0v) is 12.1. The molecule has 0 fully saturated rings. The fraction of sp³-hybridized carbons (Fsp3) is 0.188. The molecule has 0 aliphatic heterocycles. The highest BCUT2D eigenvalue weighted by molar-refractivity contribution is 9.10. The molecule has 0 N–H and O–H groups in total. The molecule has 2 aromatic carbocycles.